The molecule has 5 heteroatoms. The van der Waals surface area contributed by atoms with Crippen LogP contribution in [0.1, 0.15) is 65.2 Å². The van der Waals surface area contributed by atoms with Gasteiger partial charge in [0, 0.05) is 18.8 Å². The van der Waals surface area contributed by atoms with Gasteiger partial charge in [0.05, 0.1) is 11.7 Å². The minimum atomic E-state index is -0.367. The first-order chi connectivity index (χ1) is 9.91. The fourth-order valence-corrected chi connectivity index (χ4v) is 2.80. The number of rotatable bonds is 3. The third kappa shape index (κ3) is 3.28. The van der Waals surface area contributed by atoms with Crippen molar-refractivity contribution in [3.63, 3.8) is 0 Å². The number of carbonyl (C=O) groups is 2. The van der Waals surface area contributed by atoms with Crippen LogP contribution in [0, 0.1) is 13.8 Å². The van der Waals surface area contributed by atoms with E-state index in [4.69, 9.17) is 4.74 Å². The Balaban J connectivity index is 2.25. The molecule has 0 aliphatic carbocycles. The Morgan fingerprint density at radius 2 is 1.76 bits per heavy atom. The topological polar surface area (TPSA) is 62.4 Å². The Kier molecular flexibility index (Phi) is 4.70. The van der Waals surface area contributed by atoms with Crippen LogP contribution in [0.2, 0.25) is 0 Å². The number of ether oxygens (including phenoxy) is 1. The molecule has 0 saturated carbocycles. The van der Waals surface area contributed by atoms with E-state index in [2.05, 4.69) is 4.98 Å². The highest BCUT2D eigenvalue weighted by atomic mass is 16.5. The van der Waals surface area contributed by atoms with Gasteiger partial charge in [0.2, 0.25) is 0 Å². The van der Waals surface area contributed by atoms with Crippen LogP contribution in [-0.4, -0.2) is 41.0 Å². The normalized spacial score (nSPS) is 15.4. The van der Waals surface area contributed by atoms with E-state index in [-0.39, 0.29) is 18.0 Å². The highest BCUT2D eigenvalue weighted by molar-refractivity contribution is 6.00. The van der Waals surface area contributed by atoms with E-state index in [1.165, 1.54) is 6.42 Å². The number of carbonyl (C=O) groups excluding carboxylic acids is 2. The van der Waals surface area contributed by atoms with E-state index in [1.54, 1.807) is 13.8 Å². The number of hydrogen-bond acceptors (Lipinski definition) is 3. The summed E-state index contributed by atoms with van der Waals surface area (Å²) in [4.78, 5) is 29.6. The molecular weight excluding hydrogens is 268 g/mol. The van der Waals surface area contributed by atoms with Crippen LogP contribution in [0.5, 0.6) is 0 Å². The van der Waals surface area contributed by atoms with Crippen LogP contribution in [0.3, 0.4) is 0 Å². The van der Waals surface area contributed by atoms with Crippen molar-refractivity contribution < 1.29 is 14.3 Å². The van der Waals surface area contributed by atoms with Gasteiger partial charge in [-0.05, 0) is 52.5 Å². The molecule has 0 aromatic carbocycles. The number of H-pyrrole nitrogens is 1. The number of piperidine rings is 1. The molecule has 0 bridgehead atoms. The monoisotopic (exact) mass is 292 g/mol. The third-order valence-electron chi connectivity index (χ3n) is 3.84. The van der Waals surface area contributed by atoms with E-state index in [0.717, 1.165) is 25.9 Å². The molecule has 21 heavy (non-hydrogen) atoms. The smallest absolute Gasteiger partial charge is 0.340 e. The van der Waals surface area contributed by atoms with Crippen LogP contribution in [0.15, 0.2) is 0 Å². The van der Waals surface area contributed by atoms with Crippen molar-refractivity contribution in [3.8, 4) is 0 Å². The van der Waals surface area contributed by atoms with Gasteiger partial charge >= 0.3 is 5.97 Å². The second-order valence-electron chi connectivity index (χ2n) is 5.93. The zero-order valence-electron chi connectivity index (χ0n) is 13.3. The van der Waals surface area contributed by atoms with Gasteiger partial charge in [0.1, 0.15) is 5.69 Å². The average Bonchev–Trinajstić information content (AvgIpc) is 2.73. The molecule has 1 fully saturated rings. The van der Waals surface area contributed by atoms with E-state index in [0.29, 0.717) is 22.5 Å². The lowest BCUT2D eigenvalue weighted by molar-refractivity contribution is 0.0376. The van der Waals surface area contributed by atoms with Gasteiger partial charge in [-0.2, -0.15) is 0 Å². The zero-order chi connectivity index (χ0) is 15.6. The lowest BCUT2D eigenvalue weighted by atomic mass is 10.1. The van der Waals surface area contributed by atoms with Crippen LogP contribution in [0.25, 0.3) is 0 Å². The standard InChI is InChI=1S/C16H24N2O3/c1-10(2)21-16(20)13-11(3)14(17-12(13)4)15(19)18-8-6-5-7-9-18/h10,17H,5-9H2,1-4H3. The maximum atomic E-state index is 12.6. The summed E-state index contributed by atoms with van der Waals surface area (Å²) >= 11 is 0. The number of nitrogens with zero attached hydrogens (tertiary/aromatic N) is 1. The molecule has 1 N–H and O–H groups in total. The molecule has 0 spiro atoms. The third-order valence-corrected chi connectivity index (χ3v) is 3.84. The van der Waals surface area contributed by atoms with Crippen LogP contribution in [0.4, 0.5) is 0 Å². The molecular formula is C16H24N2O3. The van der Waals surface area contributed by atoms with Gasteiger partial charge in [-0.1, -0.05) is 0 Å². The van der Waals surface area contributed by atoms with Crippen molar-refractivity contribution in [2.24, 2.45) is 0 Å². The summed E-state index contributed by atoms with van der Waals surface area (Å²) in [5.74, 6) is -0.382. The predicted molar refractivity (Wildman–Crippen MR) is 80.6 cm³/mol. The number of hydrogen-bond donors (Lipinski definition) is 1. The highest BCUT2D eigenvalue weighted by Crippen LogP contribution is 2.22. The summed E-state index contributed by atoms with van der Waals surface area (Å²) in [6, 6.07) is 0. The van der Waals surface area contributed by atoms with Gasteiger partial charge in [0.25, 0.3) is 5.91 Å². The minimum absolute atomic E-state index is 0.0149. The molecule has 2 heterocycles. The molecule has 2 rings (SSSR count). The van der Waals surface area contributed by atoms with E-state index in [9.17, 15) is 9.59 Å². The molecule has 0 atom stereocenters. The molecule has 1 aliphatic rings. The summed E-state index contributed by atoms with van der Waals surface area (Å²) < 4.78 is 5.25. The number of likely N-dealkylation sites (tertiary alicyclic amines) is 1. The Morgan fingerprint density at radius 1 is 1.14 bits per heavy atom. The molecule has 116 valence electrons. The molecule has 1 amide bonds. The molecule has 0 radical (unpaired) electrons. The van der Waals surface area contributed by atoms with Gasteiger partial charge in [-0.3, -0.25) is 4.79 Å². The number of aromatic nitrogens is 1. The molecule has 0 unspecified atom stereocenters. The van der Waals surface area contributed by atoms with Gasteiger partial charge in [-0.25, -0.2) is 4.79 Å². The summed E-state index contributed by atoms with van der Waals surface area (Å²) in [7, 11) is 0. The van der Waals surface area contributed by atoms with Crippen molar-refractivity contribution >= 4 is 11.9 Å². The van der Waals surface area contributed by atoms with Gasteiger partial charge < -0.3 is 14.6 Å². The average molecular weight is 292 g/mol. The first-order valence-electron chi connectivity index (χ1n) is 7.61. The second-order valence-corrected chi connectivity index (χ2v) is 5.93. The van der Waals surface area contributed by atoms with E-state index in [1.807, 2.05) is 18.7 Å². The Morgan fingerprint density at radius 3 is 2.33 bits per heavy atom. The summed E-state index contributed by atoms with van der Waals surface area (Å²) in [5.41, 5.74) is 2.39. The van der Waals surface area contributed by atoms with Crippen molar-refractivity contribution in [1.82, 2.24) is 9.88 Å². The number of aromatic amines is 1. The maximum Gasteiger partial charge on any atom is 0.340 e. The Labute approximate surface area is 125 Å². The van der Waals surface area contributed by atoms with Crippen molar-refractivity contribution in [2.75, 3.05) is 13.1 Å². The fourth-order valence-electron chi connectivity index (χ4n) is 2.80. The molecule has 1 saturated heterocycles. The molecule has 1 aromatic rings. The lowest BCUT2D eigenvalue weighted by Crippen LogP contribution is -2.36. The van der Waals surface area contributed by atoms with Crippen LogP contribution >= 0.6 is 0 Å². The second kappa shape index (κ2) is 6.33. The van der Waals surface area contributed by atoms with Gasteiger partial charge in [0.15, 0.2) is 0 Å². The van der Waals surface area contributed by atoms with Gasteiger partial charge in [-0.15, -0.1) is 0 Å². The zero-order valence-corrected chi connectivity index (χ0v) is 13.3. The summed E-state index contributed by atoms with van der Waals surface area (Å²) in [6.07, 6.45) is 3.10. The van der Waals surface area contributed by atoms with Crippen LogP contribution < -0.4 is 0 Å². The quantitative estimate of drug-likeness (QED) is 0.871. The number of nitrogens with one attached hydrogen (secondary N) is 1. The minimum Gasteiger partial charge on any atom is -0.459 e. The molecule has 1 aromatic heterocycles. The Hall–Kier alpha value is -1.78. The number of aryl methyl sites for hydroxylation is 1. The SMILES string of the molecule is Cc1[nH]c(C(=O)N2CCCCC2)c(C)c1C(=O)OC(C)C. The van der Waals surface area contributed by atoms with Crippen molar-refractivity contribution in [1.29, 1.82) is 0 Å². The van der Waals surface area contributed by atoms with Crippen LogP contribution in [-0.2, 0) is 4.74 Å². The lowest BCUT2D eigenvalue weighted by Gasteiger charge is -2.26. The highest BCUT2D eigenvalue weighted by Gasteiger charge is 2.26. The van der Waals surface area contributed by atoms with E-state index < -0.39 is 0 Å². The molecule has 5 nitrogen and oxygen atoms in total. The first kappa shape index (κ1) is 15.6. The predicted octanol–water partition coefficient (Wildman–Crippen LogP) is 2.82. The number of esters is 1. The van der Waals surface area contributed by atoms with E-state index >= 15 is 0 Å². The summed E-state index contributed by atoms with van der Waals surface area (Å²) in [6.45, 7) is 8.82. The summed E-state index contributed by atoms with van der Waals surface area (Å²) in [5, 5.41) is 0. The fraction of sp³-hybridized carbons (Fsp3) is 0.625. The molecule has 1 aliphatic heterocycles. The maximum absolute atomic E-state index is 12.6. The van der Waals surface area contributed by atoms with Crippen molar-refractivity contribution in [2.45, 2.75) is 53.1 Å². The first-order valence-corrected chi connectivity index (χ1v) is 7.61. The Bertz CT molecular complexity index is 540. The largest absolute Gasteiger partial charge is 0.459 e. The number of amides is 1. The van der Waals surface area contributed by atoms with Crippen molar-refractivity contribution in [3.05, 3.63) is 22.5 Å².